The van der Waals surface area contributed by atoms with Crippen LogP contribution >= 0.6 is 11.6 Å². The van der Waals surface area contributed by atoms with Crippen LogP contribution in [0.4, 0.5) is 15.3 Å². The fourth-order valence-corrected chi connectivity index (χ4v) is 1.66. The van der Waals surface area contributed by atoms with Crippen molar-refractivity contribution in [3.8, 4) is 0 Å². The van der Waals surface area contributed by atoms with E-state index in [0.29, 0.717) is 12.1 Å². The molecule has 0 aromatic heterocycles. The number of nitro benzene ring substituents is 1. The van der Waals surface area contributed by atoms with E-state index in [1.165, 1.54) is 0 Å². The van der Waals surface area contributed by atoms with Crippen molar-refractivity contribution >= 4 is 33.2 Å². The third kappa shape index (κ3) is 2.34. The lowest BCUT2D eigenvalue weighted by Crippen LogP contribution is -2.00. The zero-order valence-corrected chi connectivity index (χ0v) is 8.55. The normalized spacial score (nSPS) is 11.3. The second-order valence-corrected chi connectivity index (χ2v) is 4.29. The summed E-state index contributed by atoms with van der Waals surface area (Å²) in [4.78, 5) is 8.56. The molecule has 0 spiro atoms. The minimum atomic E-state index is -5.04. The van der Waals surface area contributed by atoms with Crippen molar-refractivity contribution in [2.24, 2.45) is 0 Å². The molecular formula is C6H4ClFN2O4S. The molecule has 0 aliphatic rings. The van der Waals surface area contributed by atoms with Gasteiger partial charge >= 0.3 is 10.2 Å². The first-order valence-corrected chi connectivity index (χ1v) is 5.17. The minimum Gasteiger partial charge on any atom is -0.392 e. The van der Waals surface area contributed by atoms with Crippen molar-refractivity contribution in [3.63, 3.8) is 0 Å². The molecule has 0 atom stereocenters. The van der Waals surface area contributed by atoms with Crippen LogP contribution in [0, 0.1) is 10.1 Å². The number of hydrogen-bond donors (Lipinski definition) is 1. The van der Waals surface area contributed by atoms with Gasteiger partial charge in [0.05, 0.1) is 9.95 Å². The number of hydrogen-bond acceptors (Lipinski definition) is 5. The molecule has 15 heavy (non-hydrogen) atoms. The van der Waals surface area contributed by atoms with Crippen molar-refractivity contribution < 1.29 is 17.2 Å². The Kier molecular flexibility index (Phi) is 2.82. The molecule has 0 bridgehead atoms. The van der Waals surface area contributed by atoms with Gasteiger partial charge in [0, 0.05) is 6.07 Å². The quantitative estimate of drug-likeness (QED) is 0.373. The summed E-state index contributed by atoms with van der Waals surface area (Å²) in [5.41, 5.74) is 4.05. The van der Waals surface area contributed by atoms with Crippen molar-refractivity contribution in [2.75, 3.05) is 5.73 Å². The van der Waals surface area contributed by atoms with Crippen LogP contribution in [0.5, 0.6) is 0 Å². The van der Waals surface area contributed by atoms with Crippen LogP contribution in [0.15, 0.2) is 17.0 Å². The first kappa shape index (κ1) is 11.7. The van der Waals surface area contributed by atoms with Crippen LogP contribution < -0.4 is 5.73 Å². The predicted octanol–water partition coefficient (Wildman–Crippen LogP) is 1.49. The molecule has 0 amide bonds. The smallest absolute Gasteiger partial charge is 0.332 e. The lowest BCUT2D eigenvalue weighted by atomic mass is 10.3. The Labute approximate surface area is 88.8 Å². The van der Waals surface area contributed by atoms with Crippen LogP contribution in [-0.4, -0.2) is 13.3 Å². The van der Waals surface area contributed by atoms with Gasteiger partial charge in [-0.3, -0.25) is 10.1 Å². The predicted molar refractivity (Wildman–Crippen MR) is 50.8 cm³/mol. The molecule has 0 radical (unpaired) electrons. The van der Waals surface area contributed by atoms with Crippen LogP contribution in [0.25, 0.3) is 0 Å². The van der Waals surface area contributed by atoms with Gasteiger partial charge in [-0.1, -0.05) is 11.6 Å². The highest BCUT2D eigenvalue weighted by Crippen LogP contribution is 2.32. The number of rotatable bonds is 2. The van der Waals surface area contributed by atoms with Gasteiger partial charge < -0.3 is 5.73 Å². The highest BCUT2D eigenvalue weighted by molar-refractivity contribution is 7.86. The van der Waals surface area contributed by atoms with Crippen LogP contribution in [0.3, 0.4) is 0 Å². The largest absolute Gasteiger partial charge is 0.392 e. The summed E-state index contributed by atoms with van der Waals surface area (Å²) >= 11 is 5.41. The molecule has 0 unspecified atom stereocenters. The van der Waals surface area contributed by atoms with E-state index in [4.69, 9.17) is 17.3 Å². The molecule has 6 nitrogen and oxygen atoms in total. The third-order valence-corrected chi connectivity index (χ3v) is 2.67. The molecule has 1 aromatic rings. The average Bonchev–Trinajstić information content (AvgIpc) is 2.06. The van der Waals surface area contributed by atoms with Crippen molar-refractivity contribution in [3.05, 3.63) is 27.3 Å². The number of nitro groups is 1. The van der Waals surface area contributed by atoms with Crippen LogP contribution in [-0.2, 0) is 10.2 Å². The van der Waals surface area contributed by atoms with Gasteiger partial charge in [0.1, 0.15) is 10.6 Å². The van der Waals surface area contributed by atoms with Crippen molar-refractivity contribution in [2.45, 2.75) is 4.90 Å². The van der Waals surface area contributed by atoms with E-state index in [0.717, 1.165) is 0 Å². The maximum atomic E-state index is 12.5. The molecular weight excluding hydrogens is 251 g/mol. The Hall–Kier alpha value is -1.41. The van der Waals surface area contributed by atoms with Gasteiger partial charge in [0.25, 0.3) is 5.69 Å². The van der Waals surface area contributed by atoms with Crippen molar-refractivity contribution in [1.29, 1.82) is 0 Å². The Bertz CT molecular complexity index is 530. The van der Waals surface area contributed by atoms with Gasteiger partial charge in [-0.2, -0.15) is 8.42 Å². The molecule has 0 fully saturated rings. The van der Waals surface area contributed by atoms with E-state index in [1.807, 2.05) is 0 Å². The molecule has 1 rings (SSSR count). The number of nitrogens with two attached hydrogens (primary N) is 1. The summed E-state index contributed by atoms with van der Waals surface area (Å²) < 4.78 is 33.5. The zero-order chi connectivity index (χ0) is 11.8. The van der Waals surface area contributed by atoms with E-state index in [1.54, 1.807) is 0 Å². The van der Waals surface area contributed by atoms with Gasteiger partial charge in [-0.15, -0.1) is 3.89 Å². The number of anilines is 1. The summed E-state index contributed by atoms with van der Waals surface area (Å²) in [7, 11) is -5.04. The van der Waals surface area contributed by atoms with E-state index in [-0.39, 0.29) is 5.02 Å². The monoisotopic (exact) mass is 254 g/mol. The van der Waals surface area contributed by atoms with E-state index in [2.05, 4.69) is 0 Å². The molecule has 1 aromatic carbocycles. The van der Waals surface area contributed by atoms with Gasteiger partial charge in [0.15, 0.2) is 0 Å². The maximum absolute atomic E-state index is 12.5. The lowest BCUT2D eigenvalue weighted by Gasteiger charge is -2.01. The Morgan fingerprint density at radius 3 is 2.40 bits per heavy atom. The topological polar surface area (TPSA) is 103 Å². The summed E-state index contributed by atoms with van der Waals surface area (Å²) in [6.07, 6.45) is 0. The first-order valence-electron chi connectivity index (χ1n) is 3.41. The lowest BCUT2D eigenvalue weighted by molar-refractivity contribution is -0.384. The average molecular weight is 255 g/mol. The standard InChI is InChI=1S/C6H4ClFN2O4S/c7-4-1-3(15(8,13)14)2-5(6(4)9)10(11)12/h1-2H,9H2. The minimum absolute atomic E-state index is 0.388. The molecule has 0 saturated heterocycles. The number of nitrogens with zero attached hydrogens (tertiary/aromatic N) is 1. The fourth-order valence-electron chi connectivity index (χ4n) is 0.871. The number of nitrogen functional groups attached to an aromatic ring is 1. The van der Waals surface area contributed by atoms with E-state index >= 15 is 0 Å². The molecule has 0 saturated carbocycles. The molecule has 0 aliphatic carbocycles. The van der Waals surface area contributed by atoms with Crippen LogP contribution in [0.1, 0.15) is 0 Å². The molecule has 0 aliphatic heterocycles. The second kappa shape index (κ2) is 3.63. The molecule has 9 heteroatoms. The Morgan fingerprint density at radius 1 is 1.47 bits per heavy atom. The zero-order valence-electron chi connectivity index (χ0n) is 6.98. The van der Waals surface area contributed by atoms with E-state index < -0.39 is 31.4 Å². The number of halogens is 2. The molecule has 0 heterocycles. The highest BCUT2D eigenvalue weighted by Gasteiger charge is 2.22. The summed E-state index contributed by atoms with van der Waals surface area (Å²) in [6, 6.07) is 1.22. The van der Waals surface area contributed by atoms with Crippen LogP contribution in [0.2, 0.25) is 5.02 Å². The Morgan fingerprint density at radius 2 is 2.00 bits per heavy atom. The summed E-state index contributed by atoms with van der Waals surface area (Å²) in [5.74, 6) is 0. The summed E-state index contributed by atoms with van der Waals surface area (Å²) in [6.45, 7) is 0. The maximum Gasteiger partial charge on any atom is 0.332 e. The van der Waals surface area contributed by atoms with E-state index in [9.17, 15) is 22.4 Å². The first-order chi connectivity index (χ1) is 6.73. The highest BCUT2D eigenvalue weighted by atomic mass is 35.5. The SMILES string of the molecule is Nc1c(Cl)cc(S(=O)(=O)F)cc1[N+](=O)[O-]. The van der Waals surface area contributed by atoms with Gasteiger partial charge in [-0.25, -0.2) is 0 Å². The number of benzene rings is 1. The molecule has 82 valence electrons. The summed E-state index contributed by atoms with van der Waals surface area (Å²) in [5, 5.41) is 10.0. The third-order valence-electron chi connectivity index (χ3n) is 1.56. The van der Waals surface area contributed by atoms with Crippen molar-refractivity contribution in [1.82, 2.24) is 0 Å². The fraction of sp³-hybridized carbons (Fsp3) is 0. The van der Waals surface area contributed by atoms with Gasteiger partial charge in [-0.05, 0) is 6.07 Å². The second-order valence-electron chi connectivity index (χ2n) is 2.53. The van der Waals surface area contributed by atoms with Gasteiger partial charge in [0.2, 0.25) is 0 Å². The Balaban J connectivity index is 3.57. The molecule has 2 N–H and O–H groups in total.